The summed E-state index contributed by atoms with van der Waals surface area (Å²) in [6.07, 6.45) is 6.98. The first-order chi connectivity index (χ1) is 8.77. The van der Waals surface area contributed by atoms with Crippen LogP contribution >= 0.6 is 0 Å². The lowest BCUT2D eigenvalue weighted by atomic mass is 10.1. The molecule has 1 atom stereocenters. The van der Waals surface area contributed by atoms with Crippen molar-refractivity contribution in [3.63, 3.8) is 0 Å². The monoisotopic (exact) mass is 241 g/mol. The van der Waals surface area contributed by atoms with Gasteiger partial charge in [0.15, 0.2) is 0 Å². The molecule has 1 N–H and O–H groups in total. The molecule has 1 aromatic heterocycles. The molecule has 0 aliphatic rings. The van der Waals surface area contributed by atoms with Crippen LogP contribution in [0, 0.1) is 12.3 Å². The third kappa shape index (κ3) is 2.42. The van der Waals surface area contributed by atoms with E-state index in [1.54, 1.807) is 0 Å². The number of para-hydroxylation sites is 1. The first-order valence-electron chi connectivity index (χ1n) is 6.45. The molecule has 1 unspecified atom stereocenters. The van der Waals surface area contributed by atoms with Crippen molar-refractivity contribution in [2.45, 2.75) is 32.7 Å². The molecule has 0 spiro atoms. The highest BCUT2D eigenvalue weighted by Crippen LogP contribution is 2.30. The minimum atomic E-state index is 0.195. The summed E-state index contributed by atoms with van der Waals surface area (Å²) >= 11 is 0. The minimum absolute atomic E-state index is 0.195. The highest BCUT2D eigenvalue weighted by atomic mass is 16.3. The lowest BCUT2D eigenvalue weighted by molar-refractivity contribution is 0.450. The van der Waals surface area contributed by atoms with E-state index in [1.807, 2.05) is 12.1 Å². The number of terminal acetylenes is 1. The SMILES string of the molecule is C#CCCNC(C)c1oc2ccccc2c1CC. The molecule has 0 radical (unpaired) electrons. The average Bonchev–Trinajstić information content (AvgIpc) is 2.77. The van der Waals surface area contributed by atoms with Gasteiger partial charge in [-0.1, -0.05) is 25.1 Å². The van der Waals surface area contributed by atoms with Gasteiger partial charge in [-0.05, 0) is 19.4 Å². The molecule has 1 aromatic carbocycles. The molecule has 2 rings (SSSR count). The van der Waals surface area contributed by atoms with Gasteiger partial charge in [-0.2, -0.15) is 0 Å². The highest BCUT2D eigenvalue weighted by Gasteiger charge is 2.17. The Morgan fingerprint density at radius 3 is 2.89 bits per heavy atom. The number of furan rings is 1. The van der Waals surface area contributed by atoms with E-state index in [2.05, 4.69) is 37.2 Å². The van der Waals surface area contributed by atoms with E-state index in [0.717, 1.165) is 30.7 Å². The molecule has 2 nitrogen and oxygen atoms in total. The highest BCUT2D eigenvalue weighted by molar-refractivity contribution is 5.82. The molecule has 2 heteroatoms. The van der Waals surface area contributed by atoms with Gasteiger partial charge in [0.2, 0.25) is 0 Å². The van der Waals surface area contributed by atoms with Gasteiger partial charge in [-0.25, -0.2) is 0 Å². The second-order valence-corrected chi connectivity index (χ2v) is 4.42. The number of nitrogens with one attached hydrogen (secondary N) is 1. The summed E-state index contributed by atoms with van der Waals surface area (Å²) in [5, 5.41) is 4.62. The Kier molecular flexibility index (Phi) is 4.07. The van der Waals surface area contributed by atoms with Crippen molar-refractivity contribution >= 4 is 11.0 Å². The van der Waals surface area contributed by atoms with E-state index in [0.29, 0.717) is 0 Å². The molecule has 94 valence electrons. The normalized spacial score (nSPS) is 12.5. The second kappa shape index (κ2) is 5.75. The fourth-order valence-electron chi connectivity index (χ4n) is 2.29. The van der Waals surface area contributed by atoms with Gasteiger partial charge in [-0.3, -0.25) is 0 Å². The Bertz CT molecular complexity index is 562. The van der Waals surface area contributed by atoms with Crippen LogP contribution in [0.3, 0.4) is 0 Å². The molecular weight excluding hydrogens is 222 g/mol. The fourth-order valence-corrected chi connectivity index (χ4v) is 2.29. The largest absolute Gasteiger partial charge is 0.459 e. The fraction of sp³-hybridized carbons (Fsp3) is 0.375. The molecule has 0 aliphatic carbocycles. The summed E-state index contributed by atoms with van der Waals surface area (Å²) in [7, 11) is 0. The zero-order valence-electron chi connectivity index (χ0n) is 11.0. The van der Waals surface area contributed by atoms with Crippen molar-refractivity contribution in [1.82, 2.24) is 5.32 Å². The van der Waals surface area contributed by atoms with Gasteiger partial charge in [0.05, 0.1) is 6.04 Å². The Morgan fingerprint density at radius 2 is 2.17 bits per heavy atom. The summed E-state index contributed by atoms with van der Waals surface area (Å²) in [6, 6.07) is 8.39. The van der Waals surface area contributed by atoms with Crippen LogP contribution in [0.25, 0.3) is 11.0 Å². The van der Waals surface area contributed by atoms with Crippen LogP contribution in [-0.4, -0.2) is 6.54 Å². The molecular formula is C16H19NO. The van der Waals surface area contributed by atoms with Crippen LogP contribution < -0.4 is 5.32 Å². The van der Waals surface area contributed by atoms with Crippen LogP contribution in [0.15, 0.2) is 28.7 Å². The number of benzene rings is 1. The van der Waals surface area contributed by atoms with Crippen molar-refractivity contribution in [3.8, 4) is 12.3 Å². The van der Waals surface area contributed by atoms with E-state index in [-0.39, 0.29) is 6.04 Å². The maximum absolute atomic E-state index is 5.97. The van der Waals surface area contributed by atoms with Crippen molar-refractivity contribution < 1.29 is 4.42 Å². The van der Waals surface area contributed by atoms with Crippen LogP contribution in [0.2, 0.25) is 0 Å². The van der Waals surface area contributed by atoms with Crippen molar-refractivity contribution in [2.75, 3.05) is 6.54 Å². The molecule has 18 heavy (non-hydrogen) atoms. The molecule has 0 saturated heterocycles. The summed E-state index contributed by atoms with van der Waals surface area (Å²) < 4.78 is 5.97. The number of fused-ring (bicyclic) bond motifs is 1. The molecule has 0 fully saturated rings. The zero-order valence-corrected chi connectivity index (χ0v) is 11.0. The summed E-state index contributed by atoms with van der Waals surface area (Å²) in [6.45, 7) is 5.10. The molecule has 0 aliphatic heterocycles. The maximum Gasteiger partial charge on any atom is 0.134 e. The maximum atomic E-state index is 5.97. The summed E-state index contributed by atoms with van der Waals surface area (Å²) in [5.41, 5.74) is 2.27. The Labute approximate surface area is 108 Å². The van der Waals surface area contributed by atoms with Gasteiger partial charge < -0.3 is 9.73 Å². The van der Waals surface area contributed by atoms with Crippen LogP contribution in [0.5, 0.6) is 0 Å². The molecule has 0 saturated carbocycles. The van der Waals surface area contributed by atoms with E-state index in [9.17, 15) is 0 Å². The third-order valence-electron chi connectivity index (χ3n) is 3.20. The van der Waals surface area contributed by atoms with E-state index in [1.165, 1.54) is 10.9 Å². The Morgan fingerprint density at radius 1 is 1.39 bits per heavy atom. The Hall–Kier alpha value is -1.72. The Balaban J connectivity index is 2.29. The molecule has 0 bridgehead atoms. The van der Waals surface area contributed by atoms with E-state index in [4.69, 9.17) is 10.8 Å². The predicted molar refractivity (Wildman–Crippen MR) is 75.5 cm³/mol. The van der Waals surface area contributed by atoms with Crippen molar-refractivity contribution in [2.24, 2.45) is 0 Å². The van der Waals surface area contributed by atoms with E-state index < -0.39 is 0 Å². The quantitative estimate of drug-likeness (QED) is 0.638. The standard InChI is InChI=1S/C16H19NO/c1-4-6-11-17-12(3)16-13(5-2)14-9-7-8-10-15(14)18-16/h1,7-10,12,17H,5-6,11H2,2-3H3. The molecule has 0 amide bonds. The second-order valence-electron chi connectivity index (χ2n) is 4.42. The topological polar surface area (TPSA) is 25.2 Å². The van der Waals surface area contributed by atoms with Gasteiger partial charge in [0.1, 0.15) is 11.3 Å². The lowest BCUT2D eigenvalue weighted by Gasteiger charge is -2.11. The van der Waals surface area contributed by atoms with E-state index >= 15 is 0 Å². The van der Waals surface area contributed by atoms with Gasteiger partial charge in [0, 0.05) is 23.9 Å². The molecule has 2 aromatic rings. The first-order valence-corrected chi connectivity index (χ1v) is 6.45. The zero-order chi connectivity index (χ0) is 13.0. The summed E-state index contributed by atoms with van der Waals surface area (Å²) in [4.78, 5) is 0. The van der Waals surface area contributed by atoms with Gasteiger partial charge in [-0.15, -0.1) is 12.3 Å². The van der Waals surface area contributed by atoms with Crippen LogP contribution in [-0.2, 0) is 6.42 Å². The number of hydrogen-bond donors (Lipinski definition) is 1. The lowest BCUT2D eigenvalue weighted by Crippen LogP contribution is -2.19. The third-order valence-corrected chi connectivity index (χ3v) is 3.20. The van der Waals surface area contributed by atoms with Gasteiger partial charge in [0.25, 0.3) is 0 Å². The number of hydrogen-bond acceptors (Lipinski definition) is 2. The van der Waals surface area contributed by atoms with Crippen molar-refractivity contribution in [1.29, 1.82) is 0 Å². The summed E-state index contributed by atoms with van der Waals surface area (Å²) in [5.74, 6) is 3.67. The number of aryl methyl sites for hydroxylation is 1. The predicted octanol–water partition coefficient (Wildman–Crippen LogP) is 3.67. The van der Waals surface area contributed by atoms with Crippen LogP contribution in [0.1, 0.15) is 37.6 Å². The van der Waals surface area contributed by atoms with Crippen LogP contribution in [0.4, 0.5) is 0 Å². The number of rotatable bonds is 5. The first kappa shape index (κ1) is 12.7. The smallest absolute Gasteiger partial charge is 0.134 e. The van der Waals surface area contributed by atoms with Gasteiger partial charge >= 0.3 is 0 Å². The minimum Gasteiger partial charge on any atom is -0.459 e. The average molecular weight is 241 g/mol. The molecule has 1 heterocycles. The van der Waals surface area contributed by atoms with Crippen molar-refractivity contribution in [3.05, 3.63) is 35.6 Å².